The van der Waals surface area contributed by atoms with Gasteiger partial charge in [0, 0.05) is 10.5 Å². The van der Waals surface area contributed by atoms with Crippen LogP contribution in [0.25, 0.3) is 0 Å². The van der Waals surface area contributed by atoms with Crippen molar-refractivity contribution >= 4 is 7.60 Å². The Bertz CT molecular complexity index is 527. The van der Waals surface area contributed by atoms with Gasteiger partial charge in [0.2, 0.25) is 6.54 Å². The third-order valence-corrected chi connectivity index (χ3v) is 5.21. The van der Waals surface area contributed by atoms with Gasteiger partial charge >= 0.3 is 7.60 Å². The number of benzene rings is 1. The fourth-order valence-corrected chi connectivity index (χ4v) is 3.76. The maximum atomic E-state index is 13.0. The van der Waals surface area contributed by atoms with E-state index in [1.807, 2.05) is 0 Å². The molecule has 1 aromatic rings. The van der Waals surface area contributed by atoms with Crippen LogP contribution in [0.5, 0.6) is 0 Å². The Morgan fingerprint density at radius 2 is 1.76 bits per heavy atom. The Morgan fingerprint density at radius 3 is 2.14 bits per heavy atom. The van der Waals surface area contributed by atoms with Gasteiger partial charge in [0.1, 0.15) is 5.82 Å². The molecule has 0 aliphatic carbocycles. The molecule has 1 aromatic carbocycles. The van der Waals surface area contributed by atoms with E-state index in [0.29, 0.717) is 0 Å². The van der Waals surface area contributed by atoms with Gasteiger partial charge in [0.15, 0.2) is 0 Å². The smallest absolute Gasteiger partial charge is 0.368 e. The second-order valence-electron chi connectivity index (χ2n) is 4.15. The SMILES string of the molecule is CCOP(=O)(OCC)C(O)(C[N+](=O)[O-])c1ccc(F)cc1. The molecule has 1 N–H and O–H groups in total. The Morgan fingerprint density at radius 1 is 1.29 bits per heavy atom. The minimum Gasteiger partial charge on any atom is -0.368 e. The largest absolute Gasteiger partial charge is 0.373 e. The second kappa shape index (κ2) is 7.09. The molecule has 1 atom stereocenters. The van der Waals surface area contributed by atoms with Gasteiger partial charge in [-0.2, -0.15) is 0 Å². The first-order chi connectivity index (χ1) is 9.79. The molecule has 0 spiro atoms. The predicted molar refractivity (Wildman–Crippen MR) is 73.0 cm³/mol. The van der Waals surface area contributed by atoms with E-state index >= 15 is 0 Å². The monoisotopic (exact) mass is 321 g/mol. The summed E-state index contributed by atoms with van der Waals surface area (Å²) in [5, 5.41) is 19.0. The molecular formula is C12H17FNO6P. The first-order valence-corrected chi connectivity index (χ1v) is 7.82. The van der Waals surface area contributed by atoms with Crippen LogP contribution >= 0.6 is 7.60 Å². The summed E-state index contributed by atoms with van der Waals surface area (Å²) in [5.74, 6) is -0.593. The van der Waals surface area contributed by atoms with E-state index < -0.39 is 30.2 Å². The highest BCUT2D eigenvalue weighted by atomic mass is 31.2. The van der Waals surface area contributed by atoms with Crippen molar-refractivity contribution in [2.24, 2.45) is 0 Å². The van der Waals surface area contributed by atoms with Crippen LogP contribution in [-0.4, -0.2) is 29.8 Å². The van der Waals surface area contributed by atoms with E-state index in [0.717, 1.165) is 24.3 Å². The highest BCUT2D eigenvalue weighted by Gasteiger charge is 2.55. The summed E-state index contributed by atoms with van der Waals surface area (Å²) in [6.07, 6.45) is 0. The molecule has 7 nitrogen and oxygen atoms in total. The van der Waals surface area contributed by atoms with E-state index in [9.17, 15) is 24.2 Å². The van der Waals surface area contributed by atoms with Crippen LogP contribution in [0.15, 0.2) is 24.3 Å². The average Bonchev–Trinajstić information content (AvgIpc) is 2.39. The summed E-state index contributed by atoms with van der Waals surface area (Å²) in [5.41, 5.74) is -0.106. The van der Waals surface area contributed by atoms with Crippen molar-refractivity contribution in [1.29, 1.82) is 0 Å². The third-order valence-electron chi connectivity index (χ3n) is 2.71. The molecule has 21 heavy (non-hydrogen) atoms. The highest BCUT2D eigenvalue weighted by Crippen LogP contribution is 2.63. The van der Waals surface area contributed by atoms with Gasteiger partial charge in [-0.1, -0.05) is 12.1 Å². The third kappa shape index (κ3) is 3.85. The first-order valence-electron chi connectivity index (χ1n) is 6.28. The number of aliphatic hydroxyl groups is 1. The van der Waals surface area contributed by atoms with Gasteiger partial charge in [-0.05, 0) is 26.0 Å². The van der Waals surface area contributed by atoms with Crippen molar-refractivity contribution in [3.05, 3.63) is 45.8 Å². The average molecular weight is 321 g/mol. The molecule has 118 valence electrons. The zero-order valence-electron chi connectivity index (χ0n) is 11.7. The lowest BCUT2D eigenvalue weighted by atomic mass is 10.1. The van der Waals surface area contributed by atoms with E-state index in [-0.39, 0.29) is 18.8 Å². The van der Waals surface area contributed by atoms with Crippen LogP contribution in [0.1, 0.15) is 19.4 Å². The van der Waals surface area contributed by atoms with Gasteiger partial charge in [0.25, 0.3) is 5.34 Å². The van der Waals surface area contributed by atoms with Gasteiger partial charge < -0.3 is 14.2 Å². The standard InChI is InChI=1S/C12H17FNO6P/c1-3-19-21(18,20-4-2)12(15,9-14(16)17)10-5-7-11(13)8-6-10/h5-8,15H,3-4,9H2,1-2H3. The number of hydrogen-bond donors (Lipinski definition) is 1. The van der Waals surface area contributed by atoms with Crippen molar-refractivity contribution in [3.8, 4) is 0 Å². The molecule has 0 fully saturated rings. The molecule has 1 unspecified atom stereocenters. The topological polar surface area (TPSA) is 98.9 Å². The zero-order chi connectivity index (χ0) is 16.1. The van der Waals surface area contributed by atoms with Crippen molar-refractivity contribution in [2.75, 3.05) is 19.8 Å². The normalized spacial score (nSPS) is 14.7. The molecule has 0 radical (unpaired) electrons. The lowest BCUT2D eigenvalue weighted by molar-refractivity contribution is -0.496. The van der Waals surface area contributed by atoms with Crippen LogP contribution in [-0.2, 0) is 19.0 Å². The molecule has 0 bridgehead atoms. The molecule has 0 amide bonds. The number of nitrogens with zero attached hydrogens (tertiary/aromatic N) is 1. The lowest BCUT2D eigenvalue weighted by Crippen LogP contribution is -2.36. The zero-order valence-corrected chi connectivity index (χ0v) is 12.6. The van der Waals surface area contributed by atoms with E-state index in [1.165, 1.54) is 13.8 Å². The molecule has 1 rings (SSSR count). The van der Waals surface area contributed by atoms with Crippen LogP contribution in [0.2, 0.25) is 0 Å². The van der Waals surface area contributed by atoms with Gasteiger partial charge in [0.05, 0.1) is 13.2 Å². The van der Waals surface area contributed by atoms with Gasteiger partial charge in [-0.15, -0.1) is 0 Å². The summed E-state index contributed by atoms with van der Waals surface area (Å²) >= 11 is 0. The number of rotatable bonds is 8. The maximum Gasteiger partial charge on any atom is 0.373 e. The molecule has 0 saturated heterocycles. The molecule has 0 aliphatic rings. The predicted octanol–water partition coefficient (Wildman–Crippen LogP) is 2.51. The summed E-state index contributed by atoms with van der Waals surface area (Å²) < 4.78 is 35.8. The maximum absolute atomic E-state index is 13.0. The van der Waals surface area contributed by atoms with Crippen molar-refractivity contribution < 1.29 is 28.0 Å². The van der Waals surface area contributed by atoms with Crippen LogP contribution in [0.4, 0.5) is 4.39 Å². The lowest BCUT2D eigenvalue weighted by Gasteiger charge is -2.31. The number of nitro groups is 1. The molecule has 9 heteroatoms. The number of halogens is 1. The molecule has 0 heterocycles. The summed E-state index contributed by atoms with van der Waals surface area (Å²) in [6, 6.07) is 4.23. The molecular weight excluding hydrogens is 304 g/mol. The summed E-state index contributed by atoms with van der Waals surface area (Å²) in [6.45, 7) is 1.80. The Balaban J connectivity index is 3.39. The van der Waals surface area contributed by atoms with Crippen molar-refractivity contribution in [3.63, 3.8) is 0 Å². The van der Waals surface area contributed by atoms with Crippen LogP contribution < -0.4 is 0 Å². The minimum absolute atomic E-state index is 0.0709. The van der Waals surface area contributed by atoms with Crippen LogP contribution in [0, 0.1) is 15.9 Å². The quantitative estimate of drug-likeness (QED) is 0.449. The second-order valence-corrected chi connectivity index (χ2v) is 6.40. The fraction of sp³-hybridized carbons (Fsp3) is 0.500. The Labute approximate surface area is 121 Å². The van der Waals surface area contributed by atoms with E-state index in [2.05, 4.69) is 0 Å². The minimum atomic E-state index is -4.24. The Kier molecular flexibility index (Phi) is 5.98. The highest BCUT2D eigenvalue weighted by molar-refractivity contribution is 7.55. The molecule has 0 aliphatic heterocycles. The van der Waals surface area contributed by atoms with Crippen molar-refractivity contribution in [1.82, 2.24) is 0 Å². The van der Waals surface area contributed by atoms with E-state index in [4.69, 9.17) is 9.05 Å². The van der Waals surface area contributed by atoms with Crippen molar-refractivity contribution in [2.45, 2.75) is 19.2 Å². The van der Waals surface area contributed by atoms with Gasteiger partial charge in [-0.25, -0.2) is 4.39 Å². The molecule has 0 saturated carbocycles. The number of hydrogen-bond acceptors (Lipinski definition) is 6. The fourth-order valence-electron chi connectivity index (χ4n) is 1.82. The molecule has 0 aromatic heterocycles. The van der Waals surface area contributed by atoms with E-state index in [1.54, 1.807) is 0 Å². The Hall–Kier alpha value is -1.34. The van der Waals surface area contributed by atoms with Gasteiger partial charge in [-0.3, -0.25) is 14.7 Å². The first kappa shape index (κ1) is 17.7. The summed E-state index contributed by atoms with van der Waals surface area (Å²) in [4.78, 5) is 10.0. The summed E-state index contributed by atoms with van der Waals surface area (Å²) in [7, 11) is -4.24. The van der Waals surface area contributed by atoms with Crippen LogP contribution in [0.3, 0.4) is 0 Å².